The maximum absolute atomic E-state index is 12.6. The van der Waals surface area contributed by atoms with E-state index in [0.29, 0.717) is 42.6 Å². The molecule has 1 aliphatic rings. The smallest absolute Gasteiger partial charge is 0.337 e. The van der Waals surface area contributed by atoms with Crippen LogP contribution in [0.15, 0.2) is 78.9 Å². The molecule has 3 aromatic carbocycles. The Morgan fingerprint density at radius 2 is 1.57 bits per heavy atom. The highest BCUT2D eigenvalue weighted by molar-refractivity contribution is 6.30. The first-order chi connectivity index (χ1) is 18.0. The normalized spacial score (nSPS) is 14.7. The molecule has 1 saturated heterocycles. The minimum Gasteiger partial charge on any atom is -0.484 e. The van der Waals surface area contributed by atoms with Crippen LogP contribution in [0.25, 0.3) is 0 Å². The number of amides is 1. The van der Waals surface area contributed by atoms with Gasteiger partial charge in [0.25, 0.3) is 5.91 Å². The molecule has 4 rings (SSSR count). The lowest BCUT2D eigenvalue weighted by molar-refractivity contribution is -0.135. The van der Waals surface area contributed by atoms with Crippen LogP contribution in [0.3, 0.4) is 0 Å². The summed E-state index contributed by atoms with van der Waals surface area (Å²) in [6, 6.07) is 24.3. The predicted octanol–water partition coefficient (Wildman–Crippen LogP) is 4.61. The van der Waals surface area contributed by atoms with Gasteiger partial charge in [0.15, 0.2) is 6.61 Å². The number of nitrogens with zero attached hydrogens (tertiary/aromatic N) is 2. The number of ether oxygens (including phenoxy) is 3. The second kappa shape index (κ2) is 13.2. The summed E-state index contributed by atoms with van der Waals surface area (Å²) in [5.41, 5.74) is 2.49. The predicted molar refractivity (Wildman–Crippen MR) is 142 cm³/mol. The highest BCUT2D eigenvalue weighted by atomic mass is 35.5. The zero-order valence-electron chi connectivity index (χ0n) is 20.8. The van der Waals surface area contributed by atoms with Crippen LogP contribution in [0, 0.1) is 0 Å². The Kier molecular flexibility index (Phi) is 9.54. The molecule has 1 amide bonds. The van der Waals surface area contributed by atoms with Crippen LogP contribution >= 0.6 is 11.6 Å². The van der Waals surface area contributed by atoms with Gasteiger partial charge in [-0.05, 0) is 47.5 Å². The van der Waals surface area contributed by atoms with Gasteiger partial charge >= 0.3 is 5.97 Å². The standard InChI is InChI=1S/C29H31ClN2O5/c1-35-29(34)24-9-7-22(8-10-24)20-37-27(23-11-13-25(30)14-12-23)19-31-15-17-32(18-16-31)28(33)21-36-26-5-3-2-4-6-26/h2-14,27H,15-21H2,1H3/t27-/m0/s1. The van der Waals surface area contributed by atoms with Crippen LogP contribution in [0.5, 0.6) is 5.75 Å². The van der Waals surface area contributed by atoms with Gasteiger partial charge in [-0.15, -0.1) is 0 Å². The summed E-state index contributed by atoms with van der Waals surface area (Å²) in [6.07, 6.45) is -0.179. The van der Waals surface area contributed by atoms with E-state index in [-0.39, 0.29) is 24.6 Å². The summed E-state index contributed by atoms with van der Waals surface area (Å²) < 4.78 is 16.7. The largest absolute Gasteiger partial charge is 0.484 e. The fraction of sp³-hybridized carbons (Fsp3) is 0.310. The molecule has 0 spiro atoms. The zero-order chi connectivity index (χ0) is 26.0. The van der Waals surface area contributed by atoms with Crippen molar-refractivity contribution in [3.8, 4) is 5.75 Å². The molecular formula is C29H31ClN2O5. The van der Waals surface area contributed by atoms with Gasteiger partial charge in [-0.2, -0.15) is 0 Å². The molecule has 8 heteroatoms. The number of para-hydroxylation sites is 1. The molecule has 0 aliphatic carbocycles. The van der Waals surface area contributed by atoms with Crippen molar-refractivity contribution in [3.63, 3.8) is 0 Å². The Bertz CT molecular complexity index is 1150. The highest BCUT2D eigenvalue weighted by Crippen LogP contribution is 2.23. The minimum absolute atomic E-state index is 0.00981. The second-order valence-electron chi connectivity index (χ2n) is 8.82. The molecule has 1 atom stereocenters. The van der Waals surface area contributed by atoms with E-state index in [1.54, 1.807) is 12.1 Å². The Morgan fingerprint density at radius 3 is 2.22 bits per heavy atom. The number of benzene rings is 3. The molecule has 1 aliphatic heterocycles. The quantitative estimate of drug-likeness (QED) is 0.362. The van der Waals surface area contributed by atoms with Crippen LogP contribution in [-0.2, 0) is 20.9 Å². The van der Waals surface area contributed by atoms with E-state index in [4.69, 9.17) is 25.8 Å². The SMILES string of the molecule is COC(=O)c1ccc(CO[C@@H](CN2CCN(C(=O)COc3ccccc3)CC2)c2ccc(Cl)cc2)cc1. The number of carbonyl (C=O) groups excluding carboxylic acids is 2. The third-order valence-electron chi connectivity index (χ3n) is 6.32. The number of piperazine rings is 1. The maximum atomic E-state index is 12.6. The van der Waals surface area contributed by atoms with Gasteiger partial charge in [-0.25, -0.2) is 4.79 Å². The lowest BCUT2D eigenvalue weighted by atomic mass is 10.1. The van der Waals surface area contributed by atoms with Crippen molar-refractivity contribution < 1.29 is 23.8 Å². The van der Waals surface area contributed by atoms with Gasteiger partial charge < -0.3 is 19.1 Å². The van der Waals surface area contributed by atoms with Crippen LogP contribution in [0.4, 0.5) is 0 Å². The van der Waals surface area contributed by atoms with E-state index in [2.05, 4.69) is 4.90 Å². The summed E-state index contributed by atoms with van der Waals surface area (Å²) >= 11 is 6.11. The van der Waals surface area contributed by atoms with E-state index >= 15 is 0 Å². The van der Waals surface area contributed by atoms with Crippen molar-refractivity contribution in [3.05, 3.63) is 101 Å². The molecule has 37 heavy (non-hydrogen) atoms. The number of halogens is 1. The summed E-state index contributed by atoms with van der Waals surface area (Å²) in [7, 11) is 1.37. The van der Waals surface area contributed by atoms with Crippen molar-refractivity contribution in [2.24, 2.45) is 0 Å². The number of esters is 1. The van der Waals surface area contributed by atoms with Crippen LogP contribution in [0.2, 0.25) is 5.02 Å². The Morgan fingerprint density at radius 1 is 0.892 bits per heavy atom. The van der Waals surface area contributed by atoms with Crippen molar-refractivity contribution in [2.75, 3.05) is 46.4 Å². The van der Waals surface area contributed by atoms with Gasteiger partial charge in [0.05, 0.1) is 25.4 Å². The van der Waals surface area contributed by atoms with E-state index in [9.17, 15) is 9.59 Å². The first kappa shape index (κ1) is 26.7. The lowest BCUT2D eigenvalue weighted by Crippen LogP contribution is -2.50. The van der Waals surface area contributed by atoms with Gasteiger partial charge in [0, 0.05) is 37.7 Å². The minimum atomic E-state index is -0.365. The highest BCUT2D eigenvalue weighted by Gasteiger charge is 2.24. The van der Waals surface area contributed by atoms with Gasteiger partial charge in [-0.3, -0.25) is 9.69 Å². The fourth-order valence-corrected chi connectivity index (χ4v) is 4.28. The number of rotatable bonds is 10. The van der Waals surface area contributed by atoms with Gasteiger partial charge in [0.2, 0.25) is 0 Å². The van der Waals surface area contributed by atoms with E-state index < -0.39 is 0 Å². The lowest BCUT2D eigenvalue weighted by Gasteiger charge is -2.36. The fourth-order valence-electron chi connectivity index (χ4n) is 4.15. The number of methoxy groups -OCH3 is 1. The monoisotopic (exact) mass is 522 g/mol. The van der Waals surface area contributed by atoms with E-state index in [0.717, 1.165) is 24.2 Å². The van der Waals surface area contributed by atoms with E-state index in [1.165, 1.54) is 7.11 Å². The number of carbonyl (C=O) groups is 2. The average molecular weight is 523 g/mol. The van der Waals surface area contributed by atoms with Crippen molar-refractivity contribution in [2.45, 2.75) is 12.7 Å². The molecule has 0 aromatic heterocycles. The van der Waals surface area contributed by atoms with Crippen LogP contribution < -0.4 is 4.74 Å². The molecule has 0 radical (unpaired) electrons. The maximum Gasteiger partial charge on any atom is 0.337 e. The molecule has 3 aromatic rings. The molecule has 1 heterocycles. The molecule has 0 unspecified atom stereocenters. The first-order valence-electron chi connectivity index (χ1n) is 12.2. The number of hydrogen-bond donors (Lipinski definition) is 0. The summed E-state index contributed by atoms with van der Waals surface area (Å²) in [4.78, 5) is 28.5. The second-order valence-corrected chi connectivity index (χ2v) is 9.26. The average Bonchev–Trinajstić information content (AvgIpc) is 2.95. The molecule has 0 saturated carbocycles. The Balaban J connectivity index is 1.32. The van der Waals surface area contributed by atoms with Crippen molar-refractivity contribution in [1.29, 1.82) is 0 Å². The van der Waals surface area contributed by atoms with Crippen LogP contribution in [0.1, 0.15) is 27.6 Å². The third kappa shape index (κ3) is 7.79. The number of hydrogen-bond acceptors (Lipinski definition) is 6. The van der Waals surface area contributed by atoms with Gasteiger partial charge in [-0.1, -0.05) is 54.1 Å². The van der Waals surface area contributed by atoms with Crippen molar-refractivity contribution in [1.82, 2.24) is 9.80 Å². The molecule has 7 nitrogen and oxygen atoms in total. The zero-order valence-corrected chi connectivity index (χ0v) is 21.6. The first-order valence-corrected chi connectivity index (χ1v) is 12.6. The Hall–Kier alpha value is -3.39. The third-order valence-corrected chi connectivity index (χ3v) is 6.57. The van der Waals surface area contributed by atoms with Gasteiger partial charge in [0.1, 0.15) is 5.75 Å². The molecule has 0 N–H and O–H groups in total. The van der Waals surface area contributed by atoms with E-state index in [1.807, 2.05) is 71.6 Å². The molecule has 194 valence electrons. The summed E-state index contributed by atoms with van der Waals surface area (Å²) in [5, 5.41) is 0.672. The Labute approximate surface area is 222 Å². The summed E-state index contributed by atoms with van der Waals surface area (Å²) in [5.74, 6) is 0.317. The van der Waals surface area contributed by atoms with Crippen molar-refractivity contribution >= 4 is 23.5 Å². The van der Waals surface area contributed by atoms with Crippen LogP contribution in [-0.4, -0.2) is 68.1 Å². The molecule has 0 bridgehead atoms. The summed E-state index contributed by atoms with van der Waals surface area (Å²) in [6.45, 7) is 3.89. The molecular weight excluding hydrogens is 492 g/mol. The molecule has 1 fully saturated rings. The topological polar surface area (TPSA) is 68.3 Å².